The summed E-state index contributed by atoms with van der Waals surface area (Å²) in [6.45, 7) is 4.22. The molecule has 1 saturated heterocycles. The van der Waals surface area contributed by atoms with Crippen molar-refractivity contribution in [3.05, 3.63) is 15.8 Å². The highest BCUT2D eigenvalue weighted by molar-refractivity contribution is 7.14. The predicted octanol–water partition coefficient (Wildman–Crippen LogP) is 1.49. The number of hydrogen-bond acceptors (Lipinski definition) is 4. The molecule has 0 unspecified atom stereocenters. The first kappa shape index (κ1) is 12.4. The van der Waals surface area contributed by atoms with Gasteiger partial charge in [0.15, 0.2) is 0 Å². The molecular weight excluding hydrogens is 236 g/mol. The van der Waals surface area contributed by atoms with Crippen LogP contribution in [0.3, 0.4) is 0 Å². The second-order valence-corrected chi connectivity index (χ2v) is 5.65. The number of rotatable bonds is 3. The zero-order valence-corrected chi connectivity index (χ0v) is 11.0. The van der Waals surface area contributed by atoms with E-state index in [1.165, 1.54) is 11.3 Å². The van der Waals surface area contributed by atoms with Gasteiger partial charge in [-0.2, -0.15) is 0 Å². The van der Waals surface area contributed by atoms with Crippen LogP contribution >= 0.6 is 11.3 Å². The number of nitrogens with two attached hydrogens (primary N) is 1. The molecule has 0 aliphatic carbocycles. The summed E-state index contributed by atoms with van der Waals surface area (Å²) in [5, 5.41) is 0. The molecule has 17 heavy (non-hydrogen) atoms. The lowest BCUT2D eigenvalue weighted by Gasteiger charge is -2.15. The third-order valence-electron chi connectivity index (χ3n) is 3.14. The van der Waals surface area contributed by atoms with Crippen molar-refractivity contribution in [2.75, 3.05) is 26.7 Å². The number of thiophene rings is 1. The van der Waals surface area contributed by atoms with Crippen molar-refractivity contribution < 1.29 is 9.53 Å². The molecule has 2 N–H and O–H groups in total. The second-order valence-electron chi connectivity index (χ2n) is 4.40. The largest absolute Gasteiger partial charge is 0.495 e. The number of carbonyl (C=O) groups excluding carboxylic acids is 1. The van der Waals surface area contributed by atoms with Gasteiger partial charge in [0.05, 0.1) is 7.11 Å². The van der Waals surface area contributed by atoms with E-state index < -0.39 is 0 Å². The summed E-state index contributed by atoms with van der Waals surface area (Å²) in [5.41, 5.74) is 5.63. The quantitative estimate of drug-likeness (QED) is 0.889. The first-order chi connectivity index (χ1) is 8.15. The average molecular weight is 254 g/mol. The number of carbonyl (C=O) groups is 1. The summed E-state index contributed by atoms with van der Waals surface area (Å²) in [4.78, 5) is 16.0. The molecular formula is C12H18N2O2S. The molecule has 2 heterocycles. The van der Waals surface area contributed by atoms with E-state index in [1.807, 2.05) is 17.9 Å². The van der Waals surface area contributed by atoms with Crippen LogP contribution < -0.4 is 10.5 Å². The fraction of sp³-hybridized carbons (Fsp3) is 0.583. The summed E-state index contributed by atoms with van der Waals surface area (Å²) < 4.78 is 5.24. The molecule has 1 atom stereocenters. The van der Waals surface area contributed by atoms with Gasteiger partial charge in [-0.25, -0.2) is 0 Å². The Labute approximate surface area is 105 Å². The molecule has 1 amide bonds. The number of methoxy groups -OCH3 is 1. The van der Waals surface area contributed by atoms with Gasteiger partial charge >= 0.3 is 0 Å². The van der Waals surface area contributed by atoms with Crippen LogP contribution in [-0.4, -0.2) is 37.6 Å². The van der Waals surface area contributed by atoms with Crippen molar-refractivity contribution in [2.45, 2.75) is 13.3 Å². The maximum Gasteiger partial charge on any atom is 0.267 e. The highest BCUT2D eigenvalue weighted by atomic mass is 32.1. The van der Waals surface area contributed by atoms with Crippen LogP contribution in [0.25, 0.3) is 0 Å². The van der Waals surface area contributed by atoms with Crippen molar-refractivity contribution in [1.29, 1.82) is 0 Å². The Bertz CT molecular complexity index is 417. The molecule has 1 aromatic rings. The molecule has 2 rings (SSSR count). The normalized spacial score (nSPS) is 19.7. The van der Waals surface area contributed by atoms with E-state index >= 15 is 0 Å². The number of aryl methyl sites for hydroxylation is 1. The van der Waals surface area contributed by atoms with E-state index in [2.05, 4.69) is 0 Å². The lowest BCUT2D eigenvalue weighted by Crippen LogP contribution is -2.29. The third kappa shape index (κ3) is 2.45. The van der Waals surface area contributed by atoms with Gasteiger partial charge in [0.2, 0.25) is 0 Å². The van der Waals surface area contributed by atoms with E-state index in [0.29, 0.717) is 23.1 Å². The SMILES string of the molecule is COc1cc(C)sc1C(=O)N1CC[C@H](CN)C1. The molecule has 0 saturated carbocycles. The van der Waals surface area contributed by atoms with Crippen LogP contribution in [0.2, 0.25) is 0 Å². The topological polar surface area (TPSA) is 55.6 Å². The van der Waals surface area contributed by atoms with Crippen LogP contribution in [0.4, 0.5) is 0 Å². The number of ether oxygens (including phenoxy) is 1. The first-order valence-corrected chi connectivity index (χ1v) is 6.61. The molecule has 94 valence electrons. The molecule has 1 aromatic heterocycles. The molecule has 1 aliphatic heterocycles. The van der Waals surface area contributed by atoms with Crippen molar-refractivity contribution in [2.24, 2.45) is 11.7 Å². The van der Waals surface area contributed by atoms with E-state index in [9.17, 15) is 4.79 Å². The Hall–Kier alpha value is -1.07. The molecule has 1 aliphatic rings. The highest BCUT2D eigenvalue weighted by Crippen LogP contribution is 2.31. The van der Waals surface area contributed by atoms with Gasteiger partial charge in [0, 0.05) is 18.0 Å². The average Bonchev–Trinajstić information content (AvgIpc) is 2.93. The van der Waals surface area contributed by atoms with E-state index in [1.54, 1.807) is 7.11 Å². The molecule has 5 heteroatoms. The Balaban J connectivity index is 2.14. The van der Waals surface area contributed by atoms with Gasteiger partial charge in [0.1, 0.15) is 10.6 Å². The Morgan fingerprint density at radius 3 is 3.06 bits per heavy atom. The van der Waals surface area contributed by atoms with Crippen LogP contribution in [0.15, 0.2) is 6.07 Å². The Morgan fingerprint density at radius 2 is 2.47 bits per heavy atom. The van der Waals surface area contributed by atoms with Crippen molar-refractivity contribution in [3.63, 3.8) is 0 Å². The fourth-order valence-corrected chi connectivity index (χ4v) is 3.09. The van der Waals surface area contributed by atoms with E-state index in [4.69, 9.17) is 10.5 Å². The monoisotopic (exact) mass is 254 g/mol. The highest BCUT2D eigenvalue weighted by Gasteiger charge is 2.28. The number of hydrogen-bond donors (Lipinski definition) is 1. The summed E-state index contributed by atoms with van der Waals surface area (Å²) >= 11 is 1.50. The minimum absolute atomic E-state index is 0.0795. The van der Waals surface area contributed by atoms with E-state index in [-0.39, 0.29) is 5.91 Å². The predicted molar refractivity (Wildman–Crippen MR) is 68.7 cm³/mol. The third-order valence-corrected chi connectivity index (χ3v) is 4.16. The number of amides is 1. The van der Waals surface area contributed by atoms with Gasteiger partial charge in [-0.15, -0.1) is 11.3 Å². The number of likely N-dealkylation sites (tertiary alicyclic amines) is 1. The first-order valence-electron chi connectivity index (χ1n) is 5.79. The Kier molecular flexibility index (Phi) is 3.69. The van der Waals surface area contributed by atoms with Crippen LogP contribution in [0.1, 0.15) is 21.0 Å². The maximum atomic E-state index is 12.3. The summed E-state index contributed by atoms with van der Waals surface area (Å²) in [7, 11) is 1.60. The van der Waals surface area contributed by atoms with Crippen LogP contribution in [0, 0.1) is 12.8 Å². The molecule has 4 nitrogen and oxygen atoms in total. The molecule has 0 aromatic carbocycles. The zero-order chi connectivity index (χ0) is 12.4. The van der Waals surface area contributed by atoms with Gasteiger partial charge in [-0.1, -0.05) is 0 Å². The summed E-state index contributed by atoms with van der Waals surface area (Å²) in [5.74, 6) is 1.22. The smallest absolute Gasteiger partial charge is 0.267 e. The molecule has 0 spiro atoms. The lowest BCUT2D eigenvalue weighted by molar-refractivity contribution is 0.0789. The second kappa shape index (κ2) is 5.06. The maximum absolute atomic E-state index is 12.3. The van der Waals surface area contributed by atoms with Crippen molar-refractivity contribution in [1.82, 2.24) is 4.90 Å². The van der Waals surface area contributed by atoms with Gasteiger partial charge in [0.25, 0.3) is 5.91 Å². The molecule has 0 bridgehead atoms. The zero-order valence-electron chi connectivity index (χ0n) is 10.2. The number of nitrogens with zero attached hydrogens (tertiary/aromatic N) is 1. The van der Waals surface area contributed by atoms with Crippen molar-refractivity contribution in [3.8, 4) is 5.75 Å². The van der Waals surface area contributed by atoms with Crippen LogP contribution in [0.5, 0.6) is 5.75 Å². The summed E-state index contributed by atoms with van der Waals surface area (Å²) in [6, 6.07) is 1.91. The fourth-order valence-electron chi connectivity index (χ4n) is 2.14. The minimum atomic E-state index is 0.0795. The molecule has 0 radical (unpaired) electrons. The van der Waals surface area contributed by atoms with E-state index in [0.717, 1.165) is 24.4 Å². The van der Waals surface area contributed by atoms with Gasteiger partial charge in [-0.05, 0) is 31.9 Å². The van der Waals surface area contributed by atoms with Crippen molar-refractivity contribution >= 4 is 17.2 Å². The Morgan fingerprint density at radius 1 is 1.71 bits per heavy atom. The summed E-state index contributed by atoms with van der Waals surface area (Å²) in [6.07, 6.45) is 1.01. The molecule has 1 fully saturated rings. The standard InChI is InChI=1S/C12H18N2O2S/c1-8-5-10(16-2)11(17-8)12(15)14-4-3-9(6-13)7-14/h5,9H,3-4,6-7,13H2,1-2H3/t9-/m1/s1. The van der Waals surface area contributed by atoms with Gasteiger partial charge < -0.3 is 15.4 Å². The lowest BCUT2D eigenvalue weighted by atomic mass is 10.1. The van der Waals surface area contributed by atoms with Crippen LogP contribution in [-0.2, 0) is 0 Å². The van der Waals surface area contributed by atoms with Gasteiger partial charge in [-0.3, -0.25) is 4.79 Å². The minimum Gasteiger partial charge on any atom is -0.495 e.